The molecule has 1 saturated heterocycles. The van der Waals surface area contributed by atoms with Crippen molar-refractivity contribution < 1.29 is 4.79 Å². The highest BCUT2D eigenvalue weighted by atomic mass is 32.1. The van der Waals surface area contributed by atoms with E-state index in [0.717, 1.165) is 18.9 Å². The van der Waals surface area contributed by atoms with Gasteiger partial charge in [0.15, 0.2) is 0 Å². The van der Waals surface area contributed by atoms with Gasteiger partial charge in [-0.25, -0.2) is 9.78 Å². The van der Waals surface area contributed by atoms with Crippen molar-refractivity contribution >= 4 is 28.4 Å². The first-order chi connectivity index (χ1) is 9.83. The lowest BCUT2D eigenvalue weighted by Gasteiger charge is -2.35. The molecule has 1 aliphatic heterocycles. The summed E-state index contributed by atoms with van der Waals surface area (Å²) in [7, 11) is 0. The molecule has 0 atom stereocenters. The summed E-state index contributed by atoms with van der Waals surface area (Å²) in [4.78, 5) is 20.3. The van der Waals surface area contributed by atoms with Gasteiger partial charge in [-0.1, -0.05) is 10.6 Å². The maximum atomic E-state index is 12.0. The van der Waals surface area contributed by atoms with E-state index in [0.29, 0.717) is 18.1 Å². The summed E-state index contributed by atoms with van der Waals surface area (Å²) in [6.45, 7) is 2.92. The number of carbonyl (C=O) groups is 1. The normalized spacial score (nSPS) is 15.2. The molecule has 7 nitrogen and oxygen atoms in total. The maximum Gasteiger partial charge on any atom is 0.322 e. The Morgan fingerprint density at radius 2 is 2.10 bits per heavy atom. The maximum absolute atomic E-state index is 12.0. The molecule has 0 aromatic carbocycles. The Bertz CT molecular complexity index is 553. The molecule has 3 heterocycles. The third-order valence-electron chi connectivity index (χ3n) is 3.13. The number of pyridine rings is 1. The van der Waals surface area contributed by atoms with E-state index in [9.17, 15) is 4.79 Å². The quantitative estimate of drug-likeness (QED) is 0.902. The Kier molecular flexibility index (Phi) is 3.73. The number of piperazine rings is 1. The van der Waals surface area contributed by atoms with Crippen LogP contribution in [0.15, 0.2) is 30.6 Å². The van der Waals surface area contributed by atoms with Gasteiger partial charge in [-0.3, -0.25) is 5.32 Å². The average molecular weight is 290 g/mol. The van der Waals surface area contributed by atoms with Gasteiger partial charge in [-0.05, 0) is 12.1 Å². The number of amides is 2. The van der Waals surface area contributed by atoms with Crippen LogP contribution < -0.4 is 10.2 Å². The van der Waals surface area contributed by atoms with Gasteiger partial charge in [0, 0.05) is 43.9 Å². The number of aromatic nitrogens is 3. The molecule has 0 radical (unpaired) electrons. The lowest BCUT2D eigenvalue weighted by atomic mass is 10.3. The Balaban J connectivity index is 1.54. The Labute approximate surface area is 120 Å². The molecule has 3 rings (SSSR count). The highest BCUT2D eigenvalue weighted by Crippen LogP contribution is 2.14. The van der Waals surface area contributed by atoms with E-state index >= 15 is 0 Å². The molecule has 0 spiro atoms. The van der Waals surface area contributed by atoms with E-state index in [4.69, 9.17) is 0 Å². The van der Waals surface area contributed by atoms with Crippen molar-refractivity contribution in [3.05, 3.63) is 30.6 Å². The average Bonchev–Trinajstić information content (AvgIpc) is 3.01. The lowest BCUT2D eigenvalue weighted by Crippen LogP contribution is -2.50. The fraction of sp³-hybridized carbons (Fsp3) is 0.333. The minimum absolute atomic E-state index is 0.100. The minimum atomic E-state index is -0.100. The number of nitrogens with one attached hydrogen (secondary N) is 1. The number of urea groups is 1. The summed E-state index contributed by atoms with van der Waals surface area (Å²) in [6.07, 6.45) is 3.33. The van der Waals surface area contributed by atoms with Gasteiger partial charge in [0.1, 0.15) is 10.8 Å². The van der Waals surface area contributed by atoms with Gasteiger partial charge in [0.2, 0.25) is 0 Å². The standard InChI is InChI=1S/C12H14N6OS/c19-12(15-11-9-14-16-20-11)18-7-5-17(6-8-18)10-3-1-2-4-13-10/h1-4,9H,5-8H2,(H,15,19). The van der Waals surface area contributed by atoms with Crippen LogP contribution in [0.1, 0.15) is 0 Å². The fourth-order valence-corrected chi connectivity index (χ4v) is 2.50. The van der Waals surface area contributed by atoms with Crippen LogP contribution in [0, 0.1) is 0 Å². The first-order valence-corrected chi connectivity index (χ1v) is 7.09. The largest absolute Gasteiger partial charge is 0.353 e. The van der Waals surface area contributed by atoms with E-state index in [1.165, 1.54) is 11.5 Å². The van der Waals surface area contributed by atoms with Gasteiger partial charge in [-0.15, -0.1) is 5.10 Å². The second kappa shape index (κ2) is 5.83. The number of hydrogen-bond acceptors (Lipinski definition) is 6. The van der Waals surface area contributed by atoms with Crippen LogP contribution in [-0.2, 0) is 0 Å². The van der Waals surface area contributed by atoms with Gasteiger partial charge in [0.25, 0.3) is 0 Å². The highest BCUT2D eigenvalue weighted by molar-refractivity contribution is 7.10. The van der Waals surface area contributed by atoms with Crippen molar-refractivity contribution in [1.29, 1.82) is 0 Å². The molecule has 1 fully saturated rings. The summed E-state index contributed by atoms with van der Waals surface area (Å²) >= 11 is 1.17. The zero-order valence-electron chi connectivity index (χ0n) is 10.8. The molecule has 2 amide bonds. The van der Waals surface area contributed by atoms with Crippen LogP contribution in [0.3, 0.4) is 0 Å². The molecule has 20 heavy (non-hydrogen) atoms. The molecular formula is C12H14N6OS. The second-order valence-corrected chi connectivity index (χ2v) is 5.16. The molecule has 0 bridgehead atoms. The summed E-state index contributed by atoms with van der Waals surface area (Å²) in [6, 6.07) is 5.75. The third-order valence-corrected chi connectivity index (χ3v) is 3.71. The topological polar surface area (TPSA) is 74.2 Å². The Morgan fingerprint density at radius 1 is 1.25 bits per heavy atom. The second-order valence-electron chi connectivity index (χ2n) is 4.37. The number of hydrogen-bond donors (Lipinski definition) is 1. The summed E-state index contributed by atoms with van der Waals surface area (Å²) < 4.78 is 3.71. The Hall–Kier alpha value is -2.22. The van der Waals surface area contributed by atoms with Crippen LogP contribution in [0.5, 0.6) is 0 Å². The molecule has 2 aromatic rings. The van der Waals surface area contributed by atoms with Crippen LogP contribution >= 0.6 is 11.5 Å². The van der Waals surface area contributed by atoms with Crippen molar-refractivity contribution in [2.75, 3.05) is 36.4 Å². The monoisotopic (exact) mass is 290 g/mol. The molecule has 104 valence electrons. The predicted octanol–water partition coefficient (Wildman–Crippen LogP) is 1.29. The summed E-state index contributed by atoms with van der Waals surface area (Å²) in [5, 5.41) is 7.15. The van der Waals surface area contributed by atoms with Crippen LogP contribution in [0.25, 0.3) is 0 Å². The number of nitrogens with zero attached hydrogens (tertiary/aromatic N) is 5. The van der Waals surface area contributed by atoms with Gasteiger partial charge < -0.3 is 9.80 Å². The van der Waals surface area contributed by atoms with Gasteiger partial charge in [-0.2, -0.15) is 0 Å². The smallest absolute Gasteiger partial charge is 0.322 e. The molecule has 2 aromatic heterocycles. The minimum Gasteiger partial charge on any atom is -0.353 e. The van der Waals surface area contributed by atoms with Crippen molar-refractivity contribution in [2.45, 2.75) is 0 Å². The van der Waals surface area contributed by atoms with Gasteiger partial charge >= 0.3 is 6.03 Å². The third kappa shape index (κ3) is 2.85. The molecule has 1 aliphatic rings. The van der Waals surface area contributed by atoms with Crippen LogP contribution in [0.2, 0.25) is 0 Å². The van der Waals surface area contributed by atoms with Crippen LogP contribution in [0.4, 0.5) is 15.6 Å². The molecule has 0 aliphatic carbocycles. The van der Waals surface area contributed by atoms with E-state index in [-0.39, 0.29) is 6.03 Å². The molecular weight excluding hydrogens is 276 g/mol. The predicted molar refractivity (Wildman–Crippen MR) is 77.0 cm³/mol. The summed E-state index contributed by atoms with van der Waals surface area (Å²) in [5.41, 5.74) is 0. The molecule has 8 heteroatoms. The molecule has 1 N–H and O–H groups in total. The van der Waals surface area contributed by atoms with E-state index in [1.54, 1.807) is 17.3 Å². The van der Waals surface area contributed by atoms with E-state index in [2.05, 4.69) is 24.8 Å². The SMILES string of the molecule is O=C(Nc1cnns1)N1CCN(c2ccccn2)CC1. The first-order valence-electron chi connectivity index (χ1n) is 6.32. The highest BCUT2D eigenvalue weighted by Gasteiger charge is 2.22. The zero-order valence-corrected chi connectivity index (χ0v) is 11.6. The fourth-order valence-electron chi connectivity index (χ4n) is 2.09. The van der Waals surface area contributed by atoms with E-state index < -0.39 is 0 Å². The summed E-state index contributed by atoms with van der Waals surface area (Å²) in [5.74, 6) is 0.958. The first kappa shape index (κ1) is 12.8. The van der Waals surface area contributed by atoms with Crippen molar-refractivity contribution in [1.82, 2.24) is 19.5 Å². The zero-order chi connectivity index (χ0) is 13.8. The van der Waals surface area contributed by atoms with Gasteiger partial charge in [0.05, 0.1) is 6.20 Å². The van der Waals surface area contributed by atoms with Crippen molar-refractivity contribution in [3.63, 3.8) is 0 Å². The number of rotatable bonds is 2. The molecule has 0 saturated carbocycles. The van der Waals surface area contributed by atoms with E-state index in [1.807, 2.05) is 18.2 Å². The number of anilines is 2. The number of carbonyl (C=O) groups excluding carboxylic acids is 1. The van der Waals surface area contributed by atoms with Crippen molar-refractivity contribution in [3.8, 4) is 0 Å². The Morgan fingerprint density at radius 3 is 2.75 bits per heavy atom. The van der Waals surface area contributed by atoms with Crippen LogP contribution in [-0.4, -0.2) is 51.7 Å². The van der Waals surface area contributed by atoms with Crippen molar-refractivity contribution in [2.24, 2.45) is 0 Å². The lowest BCUT2D eigenvalue weighted by molar-refractivity contribution is 0.208. The molecule has 0 unspecified atom stereocenters.